The minimum absolute atomic E-state index is 0.730. The standard InChI is InChI=1S/C15H17N5/c1-9-5-10(2)7-12(6-9)20-15-13(8-17-20)14(16-4)18-11(3)19-15/h5-8H,1-4H3,(H,16,18,19). The van der Waals surface area contributed by atoms with Crippen LogP contribution >= 0.6 is 0 Å². The Morgan fingerprint density at radius 1 is 1.00 bits per heavy atom. The molecule has 2 heterocycles. The molecule has 0 saturated heterocycles. The summed E-state index contributed by atoms with van der Waals surface area (Å²) < 4.78 is 1.87. The fourth-order valence-electron chi connectivity index (χ4n) is 2.47. The van der Waals surface area contributed by atoms with Crippen molar-refractivity contribution in [3.63, 3.8) is 0 Å². The zero-order chi connectivity index (χ0) is 14.3. The van der Waals surface area contributed by atoms with Crippen molar-refractivity contribution in [3.05, 3.63) is 41.3 Å². The fraction of sp³-hybridized carbons (Fsp3) is 0.267. The van der Waals surface area contributed by atoms with Gasteiger partial charge in [-0.25, -0.2) is 14.6 Å². The summed E-state index contributed by atoms with van der Waals surface area (Å²) in [5, 5.41) is 8.49. The van der Waals surface area contributed by atoms with Gasteiger partial charge in [0.25, 0.3) is 0 Å². The number of hydrogen-bond acceptors (Lipinski definition) is 4. The first-order valence-electron chi connectivity index (χ1n) is 6.57. The van der Waals surface area contributed by atoms with Gasteiger partial charge in [0.2, 0.25) is 0 Å². The van der Waals surface area contributed by atoms with E-state index in [0.29, 0.717) is 0 Å². The van der Waals surface area contributed by atoms with Gasteiger partial charge in [0.05, 0.1) is 17.3 Å². The second-order valence-electron chi connectivity index (χ2n) is 5.01. The summed E-state index contributed by atoms with van der Waals surface area (Å²) in [6.07, 6.45) is 1.80. The highest BCUT2D eigenvalue weighted by Crippen LogP contribution is 2.23. The van der Waals surface area contributed by atoms with Crippen molar-refractivity contribution in [1.29, 1.82) is 0 Å². The predicted molar refractivity (Wildman–Crippen MR) is 80.4 cm³/mol. The molecule has 5 nitrogen and oxygen atoms in total. The molecule has 1 aromatic carbocycles. The molecule has 0 unspecified atom stereocenters. The average molecular weight is 267 g/mol. The lowest BCUT2D eigenvalue weighted by molar-refractivity contribution is 0.887. The first kappa shape index (κ1) is 12.6. The Kier molecular flexibility index (Phi) is 2.89. The molecule has 2 aromatic heterocycles. The zero-order valence-corrected chi connectivity index (χ0v) is 12.1. The monoisotopic (exact) mass is 267 g/mol. The molecule has 102 valence electrons. The van der Waals surface area contributed by atoms with Gasteiger partial charge in [-0.15, -0.1) is 0 Å². The van der Waals surface area contributed by atoms with Crippen molar-refractivity contribution in [2.75, 3.05) is 12.4 Å². The van der Waals surface area contributed by atoms with Crippen molar-refractivity contribution in [2.24, 2.45) is 0 Å². The largest absolute Gasteiger partial charge is 0.372 e. The van der Waals surface area contributed by atoms with Crippen LogP contribution in [0.1, 0.15) is 17.0 Å². The lowest BCUT2D eigenvalue weighted by atomic mass is 10.1. The maximum absolute atomic E-state index is 4.53. The molecule has 3 aromatic rings. The van der Waals surface area contributed by atoms with E-state index < -0.39 is 0 Å². The van der Waals surface area contributed by atoms with Gasteiger partial charge >= 0.3 is 0 Å². The number of fused-ring (bicyclic) bond motifs is 1. The summed E-state index contributed by atoms with van der Waals surface area (Å²) in [5.41, 5.74) is 4.27. The average Bonchev–Trinajstić information content (AvgIpc) is 2.80. The normalized spacial score (nSPS) is 11.0. The third-order valence-electron chi connectivity index (χ3n) is 3.23. The summed E-state index contributed by atoms with van der Waals surface area (Å²) in [4.78, 5) is 8.92. The number of nitrogens with one attached hydrogen (secondary N) is 1. The summed E-state index contributed by atoms with van der Waals surface area (Å²) in [6, 6.07) is 6.36. The molecule has 0 amide bonds. The van der Waals surface area contributed by atoms with E-state index >= 15 is 0 Å². The molecule has 0 saturated carbocycles. The SMILES string of the molecule is CNc1nc(C)nc2c1cnn2-c1cc(C)cc(C)c1. The van der Waals surface area contributed by atoms with Crippen LogP contribution in [-0.4, -0.2) is 26.8 Å². The molecule has 20 heavy (non-hydrogen) atoms. The molecule has 5 heteroatoms. The van der Waals surface area contributed by atoms with Gasteiger partial charge in [0.15, 0.2) is 5.65 Å². The molecule has 0 radical (unpaired) electrons. The highest BCUT2D eigenvalue weighted by atomic mass is 15.3. The maximum Gasteiger partial charge on any atom is 0.168 e. The predicted octanol–water partition coefficient (Wildman–Crippen LogP) is 2.78. The van der Waals surface area contributed by atoms with E-state index in [1.807, 2.05) is 18.7 Å². The van der Waals surface area contributed by atoms with Crippen LogP contribution < -0.4 is 5.32 Å². The highest BCUT2D eigenvalue weighted by molar-refractivity contribution is 5.87. The maximum atomic E-state index is 4.53. The Labute approximate surface area is 117 Å². The second kappa shape index (κ2) is 4.59. The molecular formula is C15H17N5. The van der Waals surface area contributed by atoms with Crippen LogP contribution in [0.25, 0.3) is 16.7 Å². The Balaban J connectivity index is 2.29. The number of benzene rings is 1. The van der Waals surface area contributed by atoms with Gasteiger partial charge in [-0.1, -0.05) is 6.07 Å². The Morgan fingerprint density at radius 3 is 2.35 bits per heavy atom. The van der Waals surface area contributed by atoms with Crippen molar-refractivity contribution in [3.8, 4) is 5.69 Å². The number of hydrogen-bond donors (Lipinski definition) is 1. The van der Waals surface area contributed by atoms with Crippen LogP contribution in [0.3, 0.4) is 0 Å². The molecule has 0 fully saturated rings. The number of nitrogens with zero attached hydrogens (tertiary/aromatic N) is 4. The van der Waals surface area contributed by atoms with Gasteiger partial charge in [0.1, 0.15) is 11.6 Å². The topological polar surface area (TPSA) is 55.6 Å². The Bertz CT molecular complexity index is 768. The molecule has 0 atom stereocenters. The molecule has 1 N–H and O–H groups in total. The van der Waals surface area contributed by atoms with Crippen LogP contribution in [0.15, 0.2) is 24.4 Å². The first-order chi connectivity index (χ1) is 9.58. The summed E-state index contributed by atoms with van der Waals surface area (Å²) in [7, 11) is 1.86. The highest BCUT2D eigenvalue weighted by Gasteiger charge is 2.12. The third-order valence-corrected chi connectivity index (χ3v) is 3.23. The molecular weight excluding hydrogens is 250 g/mol. The van der Waals surface area contributed by atoms with Gasteiger partial charge in [-0.3, -0.25) is 0 Å². The van der Waals surface area contributed by atoms with Crippen molar-refractivity contribution in [1.82, 2.24) is 19.7 Å². The van der Waals surface area contributed by atoms with E-state index in [9.17, 15) is 0 Å². The van der Waals surface area contributed by atoms with Crippen LogP contribution in [0.5, 0.6) is 0 Å². The second-order valence-corrected chi connectivity index (χ2v) is 5.01. The number of aromatic nitrogens is 4. The molecule has 3 rings (SSSR count). The van der Waals surface area contributed by atoms with E-state index in [0.717, 1.165) is 28.4 Å². The Hall–Kier alpha value is -2.43. The van der Waals surface area contributed by atoms with Crippen LogP contribution in [-0.2, 0) is 0 Å². The van der Waals surface area contributed by atoms with Gasteiger partial charge in [-0.2, -0.15) is 5.10 Å². The van der Waals surface area contributed by atoms with Crippen LogP contribution in [0.4, 0.5) is 5.82 Å². The van der Waals surface area contributed by atoms with E-state index in [1.165, 1.54) is 11.1 Å². The lowest BCUT2D eigenvalue weighted by Gasteiger charge is -2.07. The van der Waals surface area contributed by atoms with Crippen molar-refractivity contribution < 1.29 is 0 Å². The summed E-state index contributed by atoms with van der Waals surface area (Å²) in [5.74, 6) is 1.54. The molecule has 0 bridgehead atoms. The molecule has 0 aliphatic carbocycles. The molecule has 0 aliphatic rings. The lowest BCUT2D eigenvalue weighted by Crippen LogP contribution is -2.02. The van der Waals surface area contributed by atoms with Gasteiger partial charge in [0, 0.05) is 7.05 Å². The van der Waals surface area contributed by atoms with E-state index in [4.69, 9.17) is 0 Å². The minimum Gasteiger partial charge on any atom is -0.372 e. The Morgan fingerprint density at radius 2 is 1.70 bits per heavy atom. The zero-order valence-electron chi connectivity index (χ0n) is 12.1. The van der Waals surface area contributed by atoms with Crippen molar-refractivity contribution >= 4 is 16.9 Å². The van der Waals surface area contributed by atoms with Gasteiger partial charge in [-0.05, 0) is 44.0 Å². The molecule has 0 aliphatic heterocycles. The third kappa shape index (κ3) is 2.01. The smallest absolute Gasteiger partial charge is 0.168 e. The minimum atomic E-state index is 0.730. The fourth-order valence-corrected chi connectivity index (χ4v) is 2.47. The number of anilines is 1. The van der Waals surface area contributed by atoms with E-state index in [1.54, 1.807) is 6.20 Å². The molecule has 0 spiro atoms. The van der Waals surface area contributed by atoms with E-state index in [2.05, 4.69) is 52.4 Å². The van der Waals surface area contributed by atoms with Crippen LogP contribution in [0, 0.1) is 20.8 Å². The van der Waals surface area contributed by atoms with Crippen molar-refractivity contribution in [2.45, 2.75) is 20.8 Å². The first-order valence-corrected chi connectivity index (χ1v) is 6.57. The number of aryl methyl sites for hydroxylation is 3. The number of rotatable bonds is 2. The van der Waals surface area contributed by atoms with E-state index in [-0.39, 0.29) is 0 Å². The van der Waals surface area contributed by atoms with Gasteiger partial charge < -0.3 is 5.32 Å². The quantitative estimate of drug-likeness (QED) is 0.775. The van der Waals surface area contributed by atoms with Crippen LogP contribution in [0.2, 0.25) is 0 Å². The summed E-state index contributed by atoms with van der Waals surface area (Å²) >= 11 is 0. The summed E-state index contributed by atoms with van der Waals surface area (Å²) in [6.45, 7) is 6.06.